The van der Waals surface area contributed by atoms with E-state index in [1.807, 2.05) is 12.1 Å². The van der Waals surface area contributed by atoms with E-state index < -0.39 is 0 Å². The summed E-state index contributed by atoms with van der Waals surface area (Å²) in [6.45, 7) is 9.96. The number of phenols is 2. The van der Waals surface area contributed by atoms with Gasteiger partial charge < -0.3 is 10.2 Å². The first-order chi connectivity index (χ1) is 11.2. The molecular weight excluding hydrogens is 296 g/mol. The molecule has 0 aromatic heterocycles. The number of fused-ring (bicyclic) bond motifs is 5. The lowest BCUT2D eigenvalue weighted by atomic mass is 9.40. The van der Waals surface area contributed by atoms with Gasteiger partial charge in [0.15, 0.2) is 11.5 Å². The molecule has 3 aliphatic carbocycles. The minimum atomic E-state index is 0.0366. The Morgan fingerprint density at radius 2 is 1.58 bits per heavy atom. The van der Waals surface area contributed by atoms with Gasteiger partial charge in [-0.15, -0.1) is 0 Å². The molecule has 0 spiro atoms. The monoisotopic (exact) mass is 328 g/mol. The second kappa shape index (κ2) is 4.93. The lowest BCUT2D eigenvalue weighted by Gasteiger charge is -2.64. The zero-order chi connectivity index (χ0) is 17.3. The summed E-state index contributed by atoms with van der Waals surface area (Å²) in [5.41, 5.74) is 3.54. The van der Waals surface area contributed by atoms with E-state index in [2.05, 4.69) is 27.7 Å². The largest absolute Gasteiger partial charge is 0.504 e. The molecule has 24 heavy (non-hydrogen) atoms. The van der Waals surface area contributed by atoms with Gasteiger partial charge >= 0.3 is 0 Å². The van der Waals surface area contributed by atoms with Gasteiger partial charge in [0.05, 0.1) is 0 Å². The molecule has 4 unspecified atom stereocenters. The maximum atomic E-state index is 10.1. The van der Waals surface area contributed by atoms with Gasteiger partial charge in [0.1, 0.15) is 0 Å². The summed E-state index contributed by atoms with van der Waals surface area (Å²) in [6.07, 6.45) is 8.81. The number of hydrogen-bond acceptors (Lipinski definition) is 2. The van der Waals surface area contributed by atoms with Crippen molar-refractivity contribution in [1.29, 1.82) is 0 Å². The summed E-state index contributed by atoms with van der Waals surface area (Å²) in [6, 6.07) is 3.68. The van der Waals surface area contributed by atoms with E-state index in [9.17, 15) is 10.2 Å². The van der Waals surface area contributed by atoms with E-state index >= 15 is 0 Å². The molecule has 2 nitrogen and oxygen atoms in total. The maximum absolute atomic E-state index is 10.1. The summed E-state index contributed by atoms with van der Waals surface area (Å²) in [7, 11) is 0. The average molecular weight is 328 g/mol. The summed E-state index contributed by atoms with van der Waals surface area (Å²) < 4.78 is 0. The van der Waals surface area contributed by atoms with Crippen molar-refractivity contribution in [3.8, 4) is 11.5 Å². The highest BCUT2D eigenvalue weighted by atomic mass is 16.3. The summed E-state index contributed by atoms with van der Waals surface area (Å²) >= 11 is 0. The van der Waals surface area contributed by atoms with E-state index in [1.165, 1.54) is 49.7 Å². The molecule has 1 aromatic carbocycles. The van der Waals surface area contributed by atoms with Crippen LogP contribution in [-0.4, -0.2) is 10.2 Å². The van der Waals surface area contributed by atoms with Gasteiger partial charge in [-0.3, -0.25) is 0 Å². The number of aryl methyl sites for hydroxylation is 1. The van der Waals surface area contributed by atoms with Gasteiger partial charge in [0, 0.05) is 0 Å². The van der Waals surface area contributed by atoms with Gasteiger partial charge in [-0.1, -0.05) is 34.1 Å². The first-order valence-corrected chi connectivity index (χ1v) is 9.74. The van der Waals surface area contributed by atoms with E-state index in [0.717, 1.165) is 12.3 Å². The molecule has 0 saturated heterocycles. The number of hydrogen-bond donors (Lipinski definition) is 2. The van der Waals surface area contributed by atoms with Gasteiger partial charge in [-0.2, -0.15) is 0 Å². The van der Waals surface area contributed by atoms with Crippen molar-refractivity contribution in [3.63, 3.8) is 0 Å². The molecule has 3 aliphatic rings. The van der Waals surface area contributed by atoms with Crippen molar-refractivity contribution in [2.24, 2.45) is 22.7 Å². The van der Waals surface area contributed by atoms with Crippen molar-refractivity contribution in [3.05, 3.63) is 23.3 Å². The quantitative estimate of drug-likeness (QED) is 0.613. The van der Waals surface area contributed by atoms with Crippen LogP contribution >= 0.6 is 0 Å². The summed E-state index contributed by atoms with van der Waals surface area (Å²) in [5.74, 6) is 1.57. The Kier molecular flexibility index (Phi) is 3.34. The second-order valence-electron chi connectivity index (χ2n) is 9.95. The van der Waals surface area contributed by atoms with Crippen LogP contribution in [0.25, 0.3) is 0 Å². The summed E-state index contributed by atoms with van der Waals surface area (Å²) in [5, 5.41) is 20.0. The Morgan fingerprint density at radius 1 is 0.875 bits per heavy atom. The van der Waals surface area contributed by atoms with Crippen LogP contribution in [0.3, 0.4) is 0 Å². The van der Waals surface area contributed by atoms with Crippen LogP contribution in [0.2, 0.25) is 0 Å². The highest BCUT2D eigenvalue weighted by Gasteiger charge is 2.59. The standard InChI is InChI=1S/C22H32O2/c1-20(2)9-5-10-22(4)18(20)8-11-21(3)15-13-17(24)16(23)12-14(15)6-7-19(21)22/h12-13,18-19,23-24H,5-11H2,1-4H3. The zero-order valence-electron chi connectivity index (χ0n) is 15.7. The van der Waals surface area contributed by atoms with E-state index in [-0.39, 0.29) is 16.9 Å². The summed E-state index contributed by atoms with van der Waals surface area (Å²) in [4.78, 5) is 0. The molecule has 2 N–H and O–H groups in total. The van der Waals surface area contributed by atoms with Gasteiger partial charge in [0.25, 0.3) is 0 Å². The van der Waals surface area contributed by atoms with Gasteiger partial charge in [-0.05, 0) is 89.9 Å². The Bertz CT molecular complexity index is 677. The predicted octanol–water partition coefficient (Wildman–Crippen LogP) is 5.54. The number of phenolic OH excluding ortho intramolecular Hbond substituents is 2. The molecule has 1 aromatic rings. The van der Waals surface area contributed by atoms with Gasteiger partial charge in [0.2, 0.25) is 0 Å². The van der Waals surface area contributed by atoms with Crippen molar-refractivity contribution >= 4 is 0 Å². The van der Waals surface area contributed by atoms with Crippen LogP contribution in [0.4, 0.5) is 0 Å². The Balaban J connectivity index is 1.82. The molecule has 0 heterocycles. The molecular formula is C22H32O2. The van der Waals surface area contributed by atoms with Crippen LogP contribution in [-0.2, 0) is 11.8 Å². The van der Waals surface area contributed by atoms with Crippen LogP contribution in [0.15, 0.2) is 12.1 Å². The van der Waals surface area contributed by atoms with E-state index in [0.29, 0.717) is 16.7 Å². The smallest absolute Gasteiger partial charge is 0.157 e. The fraction of sp³-hybridized carbons (Fsp3) is 0.727. The van der Waals surface area contributed by atoms with Crippen LogP contribution in [0, 0.1) is 22.7 Å². The second-order valence-corrected chi connectivity index (χ2v) is 9.95. The number of rotatable bonds is 0. The number of aromatic hydroxyl groups is 2. The topological polar surface area (TPSA) is 40.5 Å². The van der Waals surface area contributed by atoms with Crippen LogP contribution in [0.1, 0.15) is 77.3 Å². The minimum Gasteiger partial charge on any atom is -0.504 e. The lowest BCUT2D eigenvalue weighted by Crippen LogP contribution is -2.57. The third kappa shape index (κ3) is 2.01. The van der Waals surface area contributed by atoms with Crippen LogP contribution in [0.5, 0.6) is 11.5 Å². The van der Waals surface area contributed by atoms with Crippen LogP contribution < -0.4 is 0 Å². The third-order valence-electron chi connectivity index (χ3n) is 8.31. The highest BCUT2D eigenvalue weighted by Crippen LogP contribution is 2.67. The van der Waals surface area contributed by atoms with Crippen molar-refractivity contribution in [2.45, 2.75) is 78.1 Å². The Labute approximate surface area is 146 Å². The molecule has 2 heteroatoms. The van der Waals surface area contributed by atoms with Crippen molar-refractivity contribution in [1.82, 2.24) is 0 Å². The molecule has 4 rings (SSSR count). The zero-order valence-corrected chi connectivity index (χ0v) is 15.7. The maximum Gasteiger partial charge on any atom is 0.157 e. The molecule has 132 valence electrons. The molecule has 0 aliphatic heterocycles. The fourth-order valence-corrected chi connectivity index (χ4v) is 7.28. The first kappa shape index (κ1) is 16.3. The lowest BCUT2D eigenvalue weighted by molar-refractivity contribution is -0.110. The first-order valence-electron chi connectivity index (χ1n) is 9.74. The molecule has 0 amide bonds. The average Bonchev–Trinajstić information content (AvgIpc) is 2.48. The number of benzene rings is 1. The van der Waals surface area contributed by atoms with Crippen molar-refractivity contribution < 1.29 is 10.2 Å². The van der Waals surface area contributed by atoms with E-state index in [1.54, 1.807) is 0 Å². The van der Waals surface area contributed by atoms with E-state index in [4.69, 9.17) is 0 Å². The third-order valence-corrected chi connectivity index (χ3v) is 8.31. The fourth-order valence-electron chi connectivity index (χ4n) is 7.28. The minimum absolute atomic E-state index is 0.0366. The molecule has 0 radical (unpaired) electrons. The molecule has 0 bridgehead atoms. The highest BCUT2D eigenvalue weighted by molar-refractivity contribution is 5.50. The normalized spacial score (nSPS) is 40.3. The predicted molar refractivity (Wildman–Crippen MR) is 97.4 cm³/mol. The molecule has 4 atom stereocenters. The Morgan fingerprint density at radius 3 is 2.33 bits per heavy atom. The molecule has 2 fully saturated rings. The van der Waals surface area contributed by atoms with Crippen molar-refractivity contribution in [2.75, 3.05) is 0 Å². The van der Waals surface area contributed by atoms with Gasteiger partial charge in [-0.25, -0.2) is 0 Å². The SMILES string of the molecule is CC1(C)CCCC2(C)C1CCC1(C)c3cc(O)c(O)cc3CCC12. The molecule has 2 saturated carbocycles. The Hall–Kier alpha value is -1.18.